The van der Waals surface area contributed by atoms with E-state index >= 15 is 0 Å². The van der Waals surface area contributed by atoms with Gasteiger partial charge in [-0.15, -0.1) is 0 Å². The molecule has 0 radical (unpaired) electrons. The minimum atomic E-state index is -1.06. The molecule has 0 saturated carbocycles. The Morgan fingerprint density at radius 2 is 2.30 bits per heavy atom. The predicted molar refractivity (Wildman–Crippen MR) is 34.0 cm³/mol. The molecule has 1 heterocycles. The lowest BCUT2D eigenvalue weighted by Crippen LogP contribution is -2.28. The average Bonchev–Trinajstić information content (AvgIpc) is 2.46. The molecule has 0 amide bonds. The number of carboxylic acids is 1. The Labute approximate surface area is 59.1 Å². The molecule has 0 aromatic heterocycles. The molecule has 0 aromatic rings. The standard InChI is InChI=1S/C6H11NO3/c1-4(2)3-6(5(8)9)7-10-6/h4,7H,3H2,1-2H3,(H,8,9)/t6-/m1/s1. The first-order chi connectivity index (χ1) is 4.57. The van der Waals surface area contributed by atoms with E-state index in [9.17, 15) is 4.79 Å². The van der Waals surface area contributed by atoms with Gasteiger partial charge in [-0.2, -0.15) is 5.48 Å². The molecule has 4 heteroatoms. The van der Waals surface area contributed by atoms with Crippen molar-refractivity contribution in [3.05, 3.63) is 0 Å². The van der Waals surface area contributed by atoms with Crippen LogP contribution in [-0.2, 0) is 9.63 Å². The van der Waals surface area contributed by atoms with E-state index in [1.165, 1.54) is 0 Å². The fraction of sp³-hybridized carbons (Fsp3) is 0.833. The van der Waals surface area contributed by atoms with Crippen molar-refractivity contribution < 1.29 is 14.7 Å². The maximum Gasteiger partial charge on any atom is 0.355 e. The van der Waals surface area contributed by atoms with Crippen molar-refractivity contribution in [2.45, 2.75) is 26.0 Å². The summed E-state index contributed by atoms with van der Waals surface area (Å²) in [4.78, 5) is 15.1. The average molecular weight is 145 g/mol. The summed E-state index contributed by atoms with van der Waals surface area (Å²) in [5.74, 6) is -0.604. The summed E-state index contributed by atoms with van der Waals surface area (Å²) in [6.07, 6.45) is 0.516. The van der Waals surface area contributed by atoms with Crippen LogP contribution in [0.25, 0.3) is 0 Å². The number of hydroxylamine groups is 1. The van der Waals surface area contributed by atoms with E-state index in [2.05, 4.69) is 10.3 Å². The minimum Gasteiger partial charge on any atom is -0.478 e. The first kappa shape index (κ1) is 7.50. The highest BCUT2D eigenvalue weighted by Crippen LogP contribution is 2.27. The topological polar surface area (TPSA) is 71.8 Å². The zero-order valence-corrected chi connectivity index (χ0v) is 6.05. The zero-order chi connectivity index (χ0) is 7.78. The van der Waals surface area contributed by atoms with Gasteiger partial charge in [0.1, 0.15) is 0 Å². The van der Waals surface area contributed by atoms with Crippen LogP contribution < -0.4 is 5.48 Å². The van der Waals surface area contributed by atoms with Gasteiger partial charge < -0.3 is 5.11 Å². The monoisotopic (exact) mass is 145 g/mol. The highest BCUT2D eigenvalue weighted by molar-refractivity contribution is 5.78. The molecule has 0 spiro atoms. The van der Waals surface area contributed by atoms with Crippen LogP contribution in [0.15, 0.2) is 0 Å². The van der Waals surface area contributed by atoms with Gasteiger partial charge in [-0.3, -0.25) is 4.84 Å². The van der Waals surface area contributed by atoms with E-state index in [0.717, 1.165) is 0 Å². The normalized spacial score (nSPS) is 30.7. The second-order valence-electron chi connectivity index (χ2n) is 2.93. The first-order valence-electron chi connectivity index (χ1n) is 3.25. The quantitative estimate of drug-likeness (QED) is 0.562. The van der Waals surface area contributed by atoms with Crippen LogP contribution in [0.3, 0.4) is 0 Å². The van der Waals surface area contributed by atoms with Crippen LogP contribution in [0, 0.1) is 5.92 Å². The lowest BCUT2D eigenvalue weighted by molar-refractivity contribution is -0.143. The van der Waals surface area contributed by atoms with Gasteiger partial charge in [0.15, 0.2) is 0 Å². The van der Waals surface area contributed by atoms with E-state index < -0.39 is 11.7 Å². The number of nitrogens with one attached hydrogen (secondary N) is 1. The first-order valence-corrected chi connectivity index (χ1v) is 3.25. The molecule has 1 aliphatic rings. The highest BCUT2D eigenvalue weighted by Gasteiger charge is 2.53. The molecule has 10 heavy (non-hydrogen) atoms. The van der Waals surface area contributed by atoms with Crippen LogP contribution in [0.5, 0.6) is 0 Å². The predicted octanol–water partition coefficient (Wildman–Crippen LogP) is 0.348. The molecule has 1 aliphatic heterocycles. The lowest BCUT2D eigenvalue weighted by atomic mass is 10.0. The van der Waals surface area contributed by atoms with Gasteiger partial charge >= 0.3 is 5.97 Å². The number of rotatable bonds is 3. The molecule has 1 atom stereocenters. The molecule has 1 fully saturated rings. The van der Waals surface area contributed by atoms with Crippen molar-refractivity contribution in [3.8, 4) is 0 Å². The molecule has 0 unspecified atom stereocenters. The number of carboxylic acid groups (broad SMARTS) is 1. The van der Waals surface area contributed by atoms with Gasteiger partial charge in [-0.1, -0.05) is 13.8 Å². The van der Waals surface area contributed by atoms with E-state index in [4.69, 9.17) is 5.11 Å². The Hall–Kier alpha value is -0.610. The largest absolute Gasteiger partial charge is 0.478 e. The Morgan fingerprint density at radius 1 is 1.80 bits per heavy atom. The fourth-order valence-corrected chi connectivity index (χ4v) is 0.894. The van der Waals surface area contributed by atoms with Crippen molar-refractivity contribution in [3.63, 3.8) is 0 Å². The van der Waals surface area contributed by atoms with Crippen molar-refractivity contribution in [1.29, 1.82) is 0 Å². The molecular weight excluding hydrogens is 134 g/mol. The summed E-state index contributed by atoms with van der Waals surface area (Å²) >= 11 is 0. The van der Waals surface area contributed by atoms with E-state index in [-0.39, 0.29) is 0 Å². The molecule has 0 aliphatic carbocycles. The molecule has 2 N–H and O–H groups in total. The molecule has 1 rings (SSSR count). The van der Waals surface area contributed by atoms with Crippen LogP contribution in [0.1, 0.15) is 20.3 Å². The summed E-state index contributed by atoms with van der Waals surface area (Å²) in [6, 6.07) is 0. The van der Waals surface area contributed by atoms with Crippen LogP contribution in [0.4, 0.5) is 0 Å². The number of carbonyl (C=O) groups is 1. The van der Waals surface area contributed by atoms with Gasteiger partial charge in [0.25, 0.3) is 5.72 Å². The highest BCUT2D eigenvalue weighted by atomic mass is 16.8. The van der Waals surface area contributed by atoms with Crippen molar-refractivity contribution >= 4 is 5.97 Å². The summed E-state index contributed by atoms with van der Waals surface area (Å²) in [5, 5.41) is 8.57. The SMILES string of the molecule is CC(C)C[C@@]1(C(=O)O)NO1. The lowest BCUT2D eigenvalue weighted by Gasteiger charge is -2.05. The van der Waals surface area contributed by atoms with Gasteiger partial charge in [-0.05, 0) is 5.92 Å². The summed E-state index contributed by atoms with van der Waals surface area (Å²) in [5.41, 5.74) is 1.32. The molecule has 0 bridgehead atoms. The Kier molecular flexibility index (Phi) is 1.66. The van der Waals surface area contributed by atoms with Crippen molar-refractivity contribution in [2.75, 3.05) is 0 Å². The van der Waals surface area contributed by atoms with Crippen LogP contribution in [0.2, 0.25) is 0 Å². The Balaban J connectivity index is 2.45. The van der Waals surface area contributed by atoms with E-state index in [1.807, 2.05) is 13.8 Å². The van der Waals surface area contributed by atoms with Crippen molar-refractivity contribution in [2.24, 2.45) is 5.92 Å². The van der Waals surface area contributed by atoms with Crippen molar-refractivity contribution in [1.82, 2.24) is 5.48 Å². The minimum absolute atomic E-state index is 0.325. The summed E-state index contributed by atoms with van der Waals surface area (Å²) in [7, 11) is 0. The second kappa shape index (κ2) is 2.21. The smallest absolute Gasteiger partial charge is 0.355 e. The molecular formula is C6H11NO3. The van der Waals surface area contributed by atoms with Gasteiger partial charge in [0.2, 0.25) is 0 Å². The number of hydrogen-bond donors (Lipinski definition) is 2. The van der Waals surface area contributed by atoms with Gasteiger partial charge in [-0.25, -0.2) is 4.79 Å². The fourth-order valence-electron chi connectivity index (χ4n) is 0.894. The number of aliphatic carboxylic acids is 1. The van der Waals surface area contributed by atoms with E-state index in [0.29, 0.717) is 12.3 Å². The third kappa shape index (κ3) is 1.27. The molecule has 58 valence electrons. The number of hydrogen-bond acceptors (Lipinski definition) is 3. The molecule has 4 nitrogen and oxygen atoms in total. The van der Waals surface area contributed by atoms with Crippen LogP contribution in [-0.4, -0.2) is 16.8 Å². The summed E-state index contributed by atoms with van der Waals surface area (Å²) in [6.45, 7) is 3.90. The second-order valence-corrected chi connectivity index (χ2v) is 2.93. The Bertz CT molecular complexity index is 151. The third-order valence-corrected chi connectivity index (χ3v) is 1.39. The van der Waals surface area contributed by atoms with E-state index in [1.54, 1.807) is 0 Å². The maximum absolute atomic E-state index is 10.4. The third-order valence-electron chi connectivity index (χ3n) is 1.39. The summed E-state index contributed by atoms with van der Waals surface area (Å²) < 4.78 is 0. The van der Waals surface area contributed by atoms with Gasteiger partial charge in [0, 0.05) is 6.42 Å². The molecule has 1 saturated heterocycles. The van der Waals surface area contributed by atoms with Crippen LogP contribution >= 0.6 is 0 Å². The zero-order valence-electron chi connectivity index (χ0n) is 6.05. The Morgan fingerprint density at radius 3 is 2.40 bits per heavy atom. The maximum atomic E-state index is 10.4. The van der Waals surface area contributed by atoms with Gasteiger partial charge in [0.05, 0.1) is 0 Å². The molecule has 0 aromatic carbocycles.